The van der Waals surface area contributed by atoms with Gasteiger partial charge < -0.3 is 19.2 Å². The van der Waals surface area contributed by atoms with Gasteiger partial charge in [-0.05, 0) is 42.3 Å². The van der Waals surface area contributed by atoms with Crippen molar-refractivity contribution in [3.8, 4) is 22.6 Å². The van der Waals surface area contributed by atoms with Gasteiger partial charge in [0.15, 0.2) is 0 Å². The molecule has 0 radical (unpaired) electrons. The Bertz CT molecular complexity index is 1460. The number of amides is 1. The quantitative estimate of drug-likeness (QED) is 0.193. The Morgan fingerprint density at radius 2 is 1.77 bits per heavy atom. The van der Waals surface area contributed by atoms with E-state index in [-0.39, 0.29) is 17.3 Å². The summed E-state index contributed by atoms with van der Waals surface area (Å²) in [5.74, 6) is -0.118. The van der Waals surface area contributed by atoms with Gasteiger partial charge in [0, 0.05) is 34.7 Å². The lowest BCUT2D eigenvalue weighted by molar-refractivity contribution is -0.384. The van der Waals surface area contributed by atoms with Crippen LogP contribution in [0.5, 0.6) is 11.5 Å². The number of methoxy groups -OCH3 is 2. The summed E-state index contributed by atoms with van der Waals surface area (Å²) in [6.07, 6.45) is 2.98. The summed E-state index contributed by atoms with van der Waals surface area (Å²) in [5, 5.41) is 14.4. The highest BCUT2D eigenvalue weighted by Gasteiger charge is 2.16. The van der Waals surface area contributed by atoms with E-state index in [4.69, 9.17) is 13.9 Å². The Hall–Kier alpha value is -4.66. The minimum atomic E-state index is -0.545. The third-order valence-electron chi connectivity index (χ3n) is 5.48. The van der Waals surface area contributed by atoms with E-state index in [1.165, 1.54) is 50.6 Å². The summed E-state index contributed by atoms with van der Waals surface area (Å²) in [5.41, 5.74) is 3.55. The van der Waals surface area contributed by atoms with E-state index in [2.05, 4.69) is 5.32 Å². The number of carbonyl (C=O) groups excluding carboxylic acids is 1. The molecule has 3 aromatic carbocycles. The molecule has 8 nitrogen and oxygen atoms in total. The molecule has 35 heavy (non-hydrogen) atoms. The fourth-order valence-electron chi connectivity index (χ4n) is 3.73. The first-order valence-corrected chi connectivity index (χ1v) is 10.5. The van der Waals surface area contributed by atoms with Gasteiger partial charge in [0.05, 0.1) is 37.2 Å². The Labute approximate surface area is 199 Å². The number of rotatable bonds is 7. The molecule has 1 aromatic heterocycles. The number of hydrogen-bond donors (Lipinski definition) is 1. The molecule has 0 aliphatic rings. The number of nitrogens with one attached hydrogen (secondary N) is 1. The number of nitro groups is 1. The van der Waals surface area contributed by atoms with E-state index >= 15 is 0 Å². The SMILES string of the molecule is COc1cc([N+](=O)[O-])ccc1NC(=O)/C=C(\C)c1cc2c(-c3ccc(F)cc3)coc2cc1OC. The lowest BCUT2D eigenvalue weighted by Gasteiger charge is -2.11. The number of halogens is 1. The number of allylic oxidation sites excluding steroid dienone is 1. The third kappa shape index (κ3) is 4.84. The average molecular weight is 476 g/mol. The number of carbonyl (C=O) groups is 1. The first kappa shape index (κ1) is 23.5. The summed E-state index contributed by atoms with van der Waals surface area (Å²) in [7, 11) is 2.88. The van der Waals surface area contributed by atoms with E-state index in [1.54, 1.807) is 31.4 Å². The van der Waals surface area contributed by atoms with Gasteiger partial charge in [-0.3, -0.25) is 14.9 Å². The largest absolute Gasteiger partial charge is 0.496 e. The van der Waals surface area contributed by atoms with Gasteiger partial charge in [-0.25, -0.2) is 4.39 Å². The van der Waals surface area contributed by atoms with E-state index < -0.39 is 10.8 Å². The highest BCUT2D eigenvalue weighted by atomic mass is 19.1. The zero-order valence-electron chi connectivity index (χ0n) is 19.1. The number of nitro benzene ring substituents is 1. The van der Waals surface area contributed by atoms with E-state index in [9.17, 15) is 19.3 Å². The van der Waals surface area contributed by atoms with Crippen molar-refractivity contribution in [3.05, 3.63) is 88.4 Å². The minimum absolute atomic E-state index is 0.151. The van der Waals surface area contributed by atoms with Crippen LogP contribution in [0.4, 0.5) is 15.8 Å². The van der Waals surface area contributed by atoms with Gasteiger partial charge in [0.2, 0.25) is 5.91 Å². The van der Waals surface area contributed by atoms with Gasteiger partial charge >= 0.3 is 0 Å². The van der Waals surface area contributed by atoms with Crippen molar-refractivity contribution in [2.45, 2.75) is 6.92 Å². The van der Waals surface area contributed by atoms with Gasteiger partial charge in [-0.15, -0.1) is 0 Å². The van der Waals surface area contributed by atoms with Gasteiger partial charge in [0.25, 0.3) is 5.69 Å². The number of ether oxygens (including phenoxy) is 2. The second-order valence-corrected chi connectivity index (χ2v) is 7.66. The molecule has 0 bridgehead atoms. The van der Waals surface area contributed by atoms with Crippen LogP contribution in [0.25, 0.3) is 27.7 Å². The number of nitrogens with zero attached hydrogens (tertiary/aromatic N) is 1. The number of furan rings is 1. The van der Waals surface area contributed by atoms with Crippen molar-refractivity contribution in [3.63, 3.8) is 0 Å². The van der Waals surface area contributed by atoms with Crippen molar-refractivity contribution >= 4 is 33.8 Å². The van der Waals surface area contributed by atoms with Gasteiger partial charge in [-0.1, -0.05) is 12.1 Å². The van der Waals surface area contributed by atoms with Crippen molar-refractivity contribution < 1.29 is 28.0 Å². The van der Waals surface area contributed by atoms with Crippen molar-refractivity contribution in [1.82, 2.24) is 0 Å². The maximum Gasteiger partial charge on any atom is 0.273 e. The lowest BCUT2D eigenvalue weighted by Crippen LogP contribution is -2.10. The fourth-order valence-corrected chi connectivity index (χ4v) is 3.73. The highest BCUT2D eigenvalue weighted by molar-refractivity contribution is 6.06. The van der Waals surface area contributed by atoms with Crippen LogP contribution in [0.3, 0.4) is 0 Å². The fraction of sp³-hybridized carbons (Fsp3) is 0.115. The van der Waals surface area contributed by atoms with Crippen molar-refractivity contribution in [2.24, 2.45) is 0 Å². The summed E-state index contributed by atoms with van der Waals surface area (Å²) < 4.78 is 29.7. The van der Waals surface area contributed by atoms with Crippen LogP contribution in [0, 0.1) is 15.9 Å². The van der Waals surface area contributed by atoms with Crippen LogP contribution in [-0.2, 0) is 4.79 Å². The van der Waals surface area contributed by atoms with Crippen LogP contribution in [-0.4, -0.2) is 25.1 Å². The zero-order chi connectivity index (χ0) is 25.1. The minimum Gasteiger partial charge on any atom is -0.496 e. The van der Waals surface area contributed by atoms with Crippen LogP contribution < -0.4 is 14.8 Å². The molecule has 0 unspecified atom stereocenters. The lowest BCUT2D eigenvalue weighted by atomic mass is 9.99. The van der Waals surface area contributed by atoms with Crippen LogP contribution in [0.2, 0.25) is 0 Å². The van der Waals surface area contributed by atoms with Crippen molar-refractivity contribution in [2.75, 3.05) is 19.5 Å². The molecule has 1 amide bonds. The smallest absolute Gasteiger partial charge is 0.273 e. The summed E-state index contributed by atoms with van der Waals surface area (Å²) in [6, 6.07) is 13.6. The summed E-state index contributed by atoms with van der Waals surface area (Å²) in [4.78, 5) is 23.2. The van der Waals surface area contributed by atoms with Gasteiger partial charge in [-0.2, -0.15) is 0 Å². The molecule has 4 aromatic rings. The zero-order valence-corrected chi connectivity index (χ0v) is 19.1. The molecule has 0 aliphatic carbocycles. The maximum atomic E-state index is 13.4. The maximum absolute atomic E-state index is 13.4. The number of non-ortho nitro benzene ring substituents is 1. The average Bonchev–Trinajstić information content (AvgIpc) is 3.26. The Morgan fingerprint density at radius 1 is 1.06 bits per heavy atom. The molecule has 0 atom stereocenters. The van der Waals surface area contributed by atoms with E-state index in [0.29, 0.717) is 28.2 Å². The Morgan fingerprint density at radius 3 is 2.43 bits per heavy atom. The van der Waals surface area contributed by atoms with Crippen LogP contribution >= 0.6 is 0 Å². The predicted molar refractivity (Wildman–Crippen MR) is 130 cm³/mol. The first-order valence-electron chi connectivity index (χ1n) is 10.5. The standard InChI is InChI=1S/C26H21FN2O6/c1-15(10-26(30)28-22-9-8-18(29(31)32)11-25(22)34-3)19-12-20-21(16-4-6-17(27)7-5-16)14-35-24(20)13-23(19)33-2/h4-14H,1-3H3,(H,28,30)/b15-10+. The normalized spacial score (nSPS) is 11.4. The molecular weight excluding hydrogens is 455 g/mol. The Kier molecular flexibility index (Phi) is 6.50. The monoisotopic (exact) mass is 476 g/mol. The molecule has 4 rings (SSSR count). The predicted octanol–water partition coefficient (Wildman–Crippen LogP) is 6.21. The molecule has 0 saturated heterocycles. The molecular formula is C26H21FN2O6. The van der Waals surface area contributed by atoms with E-state index in [0.717, 1.165) is 16.5 Å². The molecule has 0 aliphatic heterocycles. The molecule has 1 N–H and O–H groups in total. The van der Waals surface area contributed by atoms with Crippen LogP contribution in [0.15, 0.2) is 71.4 Å². The first-order chi connectivity index (χ1) is 16.8. The topological polar surface area (TPSA) is 104 Å². The molecule has 178 valence electrons. The number of fused-ring (bicyclic) bond motifs is 1. The molecule has 0 fully saturated rings. The Balaban J connectivity index is 1.68. The van der Waals surface area contributed by atoms with Crippen LogP contribution in [0.1, 0.15) is 12.5 Å². The number of benzene rings is 3. The summed E-state index contributed by atoms with van der Waals surface area (Å²) in [6.45, 7) is 1.76. The third-order valence-corrected chi connectivity index (χ3v) is 5.48. The summed E-state index contributed by atoms with van der Waals surface area (Å²) >= 11 is 0. The van der Waals surface area contributed by atoms with Crippen molar-refractivity contribution in [1.29, 1.82) is 0 Å². The van der Waals surface area contributed by atoms with E-state index in [1.807, 2.05) is 6.07 Å². The molecule has 0 saturated carbocycles. The number of anilines is 1. The van der Waals surface area contributed by atoms with Gasteiger partial charge in [0.1, 0.15) is 22.9 Å². The molecule has 9 heteroatoms. The second-order valence-electron chi connectivity index (χ2n) is 7.66. The number of hydrogen-bond acceptors (Lipinski definition) is 6. The highest BCUT2D eigenvalue weighted by Crippen LogP contribution is 2.37. The molecule has 1 heterocycles. The molecule has 0 spiro atoms. The second kappa shape index (κ2) is 9.68.